The average Bonchev–Trinajstić information content (AvgIpc) is 3.23. The number of ether oxygens (including phenoxy) is 1. The number of benzene rings is 2. The number of esters is 1. The Balaban J connectivity index is 1.62. The number of carbonyl (C=O) groups excluding carboxylic acids is 2. The second kappa shape index (κ2) is 8.22. The minimum Gasteiger partial charge on any atom is -0.449 e. The molecule has 2 aromatic carbocycles. The Bertz CT molecular complexity index is 923. The molecule has 1 atom stereocenters. The lowest BCUT2D eigenvalue weighted by molar-refractivity contribution is -0.123. The van der Waals surface area contributed by atoms with Crippen LogP contribution >= 0.6 is 0 Å². The molecule has 0 aliphatic carbocycles. The average molecular weight is 365 g/mol. The van der Waals surface area contributed by atoms with Gasteiger partial charge in [0.15, 0.2) is 6.10 Å². The van der Waals surface area contributed by atoms with E-state index in [1.54, 1.807) is 24.3 Å². The standard InChI is InChI=1S/C19H19N5O3/c1-3-14-7-9-16(10-8-14)21-18(25)13(2)27-19(26)15-5-4-6-17(11-15)24-12-20-22-23-24/h4-13H,3H2,1-2H3,(H,21,25)/t13-/m0/s1. The van der Waals surface area contributed by atoms with E-state index in [2.05, 4.69) is 27.8 Å². The number of nitrogens with zero attached hydrogens (tertiary/aromatic N) is 4. The Morgan fingerprint density at radius 1 is 1.19 bits per heavy atom. The van der Waals surface area contributed by atoms with E-state index in [0.717, 1.165) is 6.42 Å². The highest BCUT2D eigenvalue weighted by Gasteiger charge is 2.19. The van der Waals surface area contributed by atoms with Crippen molar-refractivity contribution in [3.05, 3.63) is 66.0 Å². The molecule has 1 amide bonds. The number of amides is 1. The number of rotatable bonds is 6. The van der Waals surface area contributed by atoms with Crippen LogP contribution in [0.2, 0.25) is 0 Å². The maximum atomic E-state index is 12.4. The second-order valence-electron chi connectivity index (χ2n) is 5.89. The molecule has 8 nitrogen and oxygen atoms in total. The van der Waals surface area contributed by atoms with Crippen LogP contribution in [0.3, 0.4) is 0 Å². The van der Waals surface area contributed by atoms with Crippen LogP contribution in [-0.4, -0.2) is 38.2 Å². The van der Waals surface area contributed by atoms with Crippen molar-refractivity contribution in [1.82, 2.24) is 20.2 Å². The molecule has 138 valence electrons. The quantitative estimate of drug-likeness (QED) is 0.674. The minimum atomic E-state index is -0.944. The zero-order valence-electron chi connectivity index (χ0n) is 15.0. The van der Waals surface area contributed by atoms with Gasteiger partial charge in [-0.1, -0.05) is 25.1 Å². The fraction of sp³-hybridized carbons (Fsp3) is 0.211. The Morgan fingerprint density at radius 2 is 1.96 bits per heavy atom. The molecule has 0 unspecified atom stereocenters. The van der Waals surface area contributed by atoms with Gasteiger partial charge in [0.2, 0.25) is 0 Å². The van der Waals surface area contributed by atoms with Gasteiger partial charge in [0.25, 0.3) is 5.91 Å². The molecular weight excluding hydrogens is 346 g/mol. The number of tetrazole rings is 1. The molecule has 27 heavy (non-hydrogen) atoms. The molecule has 0 aliphatic heterocycles. The lowest BCUT2D eigenvalue weighted by atomic mass is 10.1. The molecule has 0 radical (unpaired) electrons. The van der Waals surface area contributed by atoms with Crippen molar-refractivity contribution >= 4 is 17.6 Å². The van der Waals surface area contributed by atoms with Crippen LogP contribution in [0.25, 0.3) is 5.69 Å². The molecule has 0 saturated carbocycles. The van der Waals surface area contributed by atoms with Gasteiger partial charge in [-0.3, -0.25) is 4.79 Å². The van der Waals surface area contributed by atoms with Gasteiger partial charge in [0, 0.05) is 5.69 Å². The molecule has 3 rings (SSSR count). The van der Waals surface area contributed by atoms with Gasteiger partial charge in [0.05, 0.1) is 11.3 Å². The first-order chi connectivity index (χ1) is 13.1. The van der Waals surface area contributed by atoms with Crippen LogP contribution < -0.4 is 5.32 Å². The monoisotopic (exact) mass is 365 g/mol. The minimum absolute atomic E-state index is 0.301. The zero-order chi connectivity index (χ0) is 19.2. The summed E-state index contributed by atoms with van der Waals surface area (Å²) in [5.74, 6) is -1.00. The number of hydrogen-bond donors (Lipinski definition) is 1. The highest BCUT2D eigenvalue weighted by atomic mass is 16.5. The van der Waals surface area contributed by atoms with Crippen molar-refractivity contribution in [3.63, 3.8) is 0 Å². The molecular formula is C19H19N5O3. The first-order valence-electron chi connectivity index (χ1n) is 8.51. The van der Waals surface area contributed by atoms with Gasteiger partial charge in [-0.25, -0.2) is 9.48 Å². The largest absolute Gasteiger partial charge is 0.449 e. The Kier molecular flexibility index (Phi) is 5.55. The van der Waals surface area contributed by atoms with E-state index in [1.165, 1.54) is 23.5 Å². The zero-order valence-corrected chi connectivity index (χ0v) is 15.0. The third-order valence-electron chi connectivity index (χ3n) is 3.98. The van der Waals surface area contributed by atoms with Crippen molar-refractivity contribution < 1.29 is 14.3 Å². The summed E-state index contributed by atoms with van der Waals surface area (Å²) in [4.78, 5) is 24.6. The number of aryl methyl sites for hydroxylation is 1. The van der Waals surface area contributed by atoms with E-state index in [1.807, 2.05) is 24.3 Å². The molecule has 0 aliphatic rings. The van der Waals surface area contributed by atoms with Crippen molar-refractivity contribution in [1.29, 1.82) is 0 Å². The number of aromatic nitrogens is 4. The van der Waals surface area contributed by atoms with Crippen LogP contribution in [-0.2, 0) is 16.0 Å². The number of carbonyl (C=O) groups is 2. The van der Waals surface area contributed by atoms with E-state index in [-0.39, 0.29) is 0 Å². The van der Waals surface area contributed by atoms with Gasteiger partial charge >= 0.3 is 5.97 Å². The van der Waals surface area contributed by atoms with Crippen LogP contribution in [0.1, 0.15) is 29.8 Å². The third-order valence-corrected chi connectivity index (χ3v) is 3.98. The summed E-state index contributed by atoms with van der Waals surface area (Å²) in [6.07, 6.45) is 1.40. The van der Waals surface area contributed by atoms with Gasteiger partial charge in [-0.15, -0.1) is 5.10 Å². The molecule has 1 heterocycles. The third kappa shape index (κ3) is 4.55. The highest BCUT2D eigenvalue weighted by molar-refractivity contribution is 5.97. The summed E-state index contributed by atoms with van der Waals surface area (Å²) in [5, 5.41) is 13.6. The Morgan fingerprint density at radius 3 is 2.63 bits per heavy atom. The molecule has 1 aromatic heterocycles. The second-order valence-corrected chi connectivity index (χ2v) is 5.89. The van der Waals surface area contributed by atoms with Crippen molar-refractivity contribution in [2.24, 2.45) is 0 Å². The van der Waals surface area contributed by atoms with Gasteiger partial charge in [-0.2, -0.15) is 0 Å². The van der Waals surface area contributed by atoms with Crippen molar-refractivity contribution in [3.8, 4) is 5.69 Å². The topological polar surface area (TPSA) is 99.0 Å². The fourth-order valence-electron chi connectivity index (χ4n) is 2.40. The lowest BCUT2D eigenvalue weighted by Gasteiger charge is -2.14. The van der Waals surface area contributed by atoms with Crippen molar-refractivity contribution in [2.75, 3.05) is 5.32 Å². The predicted octanol–water partition coefficient (Wildman–Crippen LogP) is 2.41. The van der Waals surface area contributed by atoms with Crippen molar-refractivity contribution in [2.45, 2.75) is 26.4 Å². The SMILES string of the molecule is CCc1ccc(NC(=O)[C@H](C)OC(=O)c2cccc(-n3cnnn3)c2)cc1. The molecule has 0 saturated heterocycles. The van der Waals surface area contributed by atoms with Gasteiger partial charge in [0.1, 0.15) is 6.33 Å². The Hall–Kier alpha value is -3.55. The van der Waals surface area contributed by atoms with Gasteiger partial charge < -0.3 is 10.1 Å². The molecule has 0 spiro atoms. The molecule has 3 aromatic rings. The van der Waals surface area contributed by atoms with E-state index in [0.29, 0.717) is 16.9 Å². The summed E-state index contributed by atoms with van der Waals surface area (Å²) in [6.45, 7) is 3.59. The summed E-state index contributed by atoms with van der Waals surface area (Å²) in [5.41, 5.74) is 2.74. The maximum absolute atomic E-state index is 12.4. The predicted molar refractivity (Wildman–Crippen MR) is 98.5 cm³/mol. The Labute approximate surface area is 156 Å². The molecule has 1 N–H and O–H groups in total. The maximum Gasteiger partial charge on any atom is 0.338 e. The van der Waals surface area contributed by atoms with Gasteiger partial charge in [-0.05, 0) is 59.7 Å². The number of nitrogens with one attached hydrogen (secondary N) is 1. The number of hydrogen-bond acceptors (Lipinski definition) is 6. The first-order valence-corrected chi connectivity index (χ1v) is 8.51. The summed E-state index contributed by atoms with van der Waals surface area (Å²) in [6, 6.07) is 14.2. The van der Waals surface area contributed by atoms with Crippen LogP contribution in [0.4, 0.5) is 5.69 Å². The normalized spacial score (nSPS) is 11.6. The van der Waals surface area contributed by atoms with E-state index in [4.69, 9.17) is 4.74 Å². The first kappa shape index (κ1) is 18.2. The highest BCUT2D eigenvalue weighted by Crippen LogP contribution is 2.13. The molecule has 0 bridgehead atoms. The summed E-state index contributed by atoms with van der Waals surface area (Å²) >= 11 is 0. The van der Waals surface area contributed by atoms with Crippen LogP contribution in [0.15, 0.2) is 54.9 Å². The smallest absolute Gasteiger partial charge is 0.338 e. The number of anilines is 1. The molecule has 0 fully saturated rings. The molecule has 8 heteroatoms. The van der Waals surface area contributed by atoms with Crippen LogP contribution in [0, 0.1) is 0 Å². The fourth-order valence-corrected chi connectivity index (χ4v) is 2.40. The van der Waals surface area contributed by atoms with E-state index >= 15 is 0 Å². The summed E-state index contributed by atoms with van der Waals surface area (Å²) < 4.78 is 6.70. The van der Waals surface area contributed by atoms with E-state index in [9.17, 15) is 9.59 Å². The lowest BCUT2D eigenvalue weighted by Crippen LogP contribution is -2.30. The van der Waals surface area contributed by atoms with E-state index < -0.39 is 18.0 Å². The van der Waals surface area contributed by atoms with Crippen LogP contribution in [0.5, 0.6) is 0 Å². The summed E-state index contributed by atoms with van der Waals surface area (Å²) in [7, 11) is 0.